The molecule has 0 aliphatic rings. The highest BCUT2D eigenvalue weighted by molar-refractivity contribution is 7.80. The van der Waals surface area contributed by atoms with Gasteiger partial charge < -0.3 is 4.74 Å². The highest BCUT2D eigenvalue weighted by Crippen LogP contribution is 2.30. The zero-order valence-electron chi connectivity index (χ0n) is 10.5. The smallest absolute Gasteiger partial charge is 0.145 e. The van der Waals surface area contributed by atoms with Crippen molar-refractivity contribution in [3.05, 3.63) is 35.5 Å². The van der Waals surface area contributed by atoms with E-state index in [-0.39, 0.29) is 5.41 Å². The summed E-state index contributed by atoms with van der Waals surface area (Å²) in [7, 11) is 0. The van der Waals surface area contributed by atoms with Crippen LogP contribution in [-0.4, -0.2) is 17.3 Å². The van der Waals surface area contributed by atoms with E-state index >= 15 is 0 Å². The van der Waals surface area contributed by atoms with Crippen LogP contribution in [0.3, 0.4) is 0 Å². The van der Waals surface area contributed by atoms with Crippen molar-refractivity contribution in [2.24, 2.45) is 5.41 Å². The van der Waals surface area contributed by atoms with Crippen LogP contribution in [0.15, 0.2) is 30.5 Å². The van der Waals surface area contributed by atoms with Gasteiger partial charge in [-0.25, -0.2) is 0 Å². The van der Waals surface area contributed by atoms with E-state index in [1.807, 2.05) is 24.3 Å². The average Bonchev–Trinajstić information content (AvgIpc) is 2.38. The first kappa shape index (κ1) is 13.5. The van der Waals surface area contributed by atoms with E-state index in [2.05, 4.69) is 31.5 Å². The summed E-state index contributed by atoms with van der Waals surface area (Å²) >= 11 is 10.5. The molecule has 0 saturated carbocycles. The minimum absolute atomic E-state index is 0.0316. The van der Waals surface area contributed by atoms with E-state index < -0.39 is 0 Å². The van der Waals surface area contributed by atoms with Gasteiger partial charge >= 0.3 is 0 Å². The first-order valence-electron chi connectivity index (χ1n) is 5.80. The van der Waals surface area contributed by atoms with E-state index in [4.69, 9.17) is 16.3 Å². The number of aromatic nitrogens is 1. The standard InChI is InChI=1S/C14H16ClNOS/c1-14(2,9-18)8-17-12-6-5-11(15)10-4-3-7-16-13(10)12/h3-7,18H,8-9H2,1-2H3. The van der Waals surface area contributed by atoms with Gasteiger partial charge in [0, 0.05) is 17.0 Å². The zero-order valence-corrected chi connectivity index (χ0v) is 12.1. The summed E-state index contributed by atoms with van der Waals surface area (Å²) in [6.45, 7) is 4.83. The monoisotopic (exact) mass is 281 g/mol. The average molecular weight is 282 g/mol. The van der Waals surface area contributed by atoms with Gasteiger partial charge in [0.2, 0.25) is 0 Å². The normalized spacial score (nSPS) is 11.8. The minimum atomic E-state index is 0.0316. The predicted molar refractivity (Wildman–Crippen MR) is 79.9 cm³/mol. The molecule has 0 atom stereocenters. The topological polar surface area (TPSA) is 22.1 Å². The molecule has 2 aromatic rings. The maximum atomic E-state index is 6.14. The fourth-order valence-corrected chi connectivity index (χ4v) is 1.85. The second-order valence-corrected chi connectivity index (χ2v) is 5.78. The van der Waals surface area contributed by atoms with Gasteiger partial charge in [-0.3, -0.25) is 4.98 Å². The largest absolute Gasteiger partial charge is 0.491 e. The molecule has 2 rings (SSSR count). The fourth-order valence-electron chi connectivity index (χ4n) is 1.55. The highest BCUT2D eigenvalue weighted by Gasteiger charge is 2.17. The maximum Gasteiger partial charge on any atom is 0.145 e. The zero-order chi connectivity index (χ0) is 13.2. The third-order valence-corrected chi connectivity index (χ3v) is 3.91. The number of thiol groups is 1. The third-order valence-electron chi connectivity index (χ3n) is 2.73. The van der Waals surface area contributed by atoms with Crippen LogP contribution in [0.5, 0.6) is 5.75 Å². The molecular weight excluding hydrogens is 266 g/mol. The molecule has 1 aromatic heterocycles. The van der Waals surface area contributed by atoms with Crippen LogP contribution < -0.4 is 4.74 Å². The summed E-state index contributed by atoms with van der Waals surface area (Å²) in [5, 5.41) is 1.61. The molecule has 0 radical (unpaired) electrons. The van der Waals surface area contributed by atoms with E-state index in [0.29, 0.717) is 11.6 Å². The van der Waals surface area contributed by atoms with Crippen molar-refractivity contribution in [2.75, 3.05) is 12.4 Å². The second-order valence-electron chi connectivity index (χ2n) is 5.06. The van der Waals surface area contributed by atoms with Gasteiger partial charge in [-0.1, -0.05) is 25.4 Å². The molecule has 96 valence electrons. The van der Waals surface area contributed by atoms with Crippen LogP contribution in [-0.2, 0) is 0 Å². The third kappa shape index (κ3) is 2.90. The lowest BCUT2D eigenvalue weighted by atomic mass is 9.98. The molecule has 0 aliphatic heterocycles. The van der Waals surface area contributed by atoms with Crippen molar-refractivity contribution in [1.29, 1.82) is 0 Å². The van der Waals surface area contributed by atoms with Gasteiger partial charge in [0.25, 0.3) is 0 Å². The van der Waals surface area contributed by atoms with Crippen molar-refractivity contribution in [1.82, 2.24) is 4.98 Å². The van der Waals surface area contributed by atoms with E-state index in [1.54, 1.807) is 6.20 Å². The summed E-state index contributed by atoms with van der Waals surface area (Å²) in [5.74, 6) is 1.54. The molecule has 18 heavy (non-hydrogen) atoms. The molecule has 0 fully saturated rings. The summed E-state index contributed by atoms with van der Waals surface area (Å²) in [5.41, 5.74) is 0.837. The van der Waals surface area contributed by atoms with Gasteiger partial charge in [-0.15, -0.1) is 0 Å². The molecule has 0 bridgehead atoms. The predicted octanol–water partition coefficient (Wildman–Crippen LogP) is 4.22. The van der Waals surface area contributed by atoms with Crippen molar-refractivity contribution in [3.8, 4) is 5.75 Å². The Morgan fingerprint density at radius 3 is 2.83 bits per heavy atom. The van der Waals surface area contributed by atoms with Gasteiger partial charge in [-0.2, -0.15) is 12.6 Å². The Bertz CT molecular complexity index is 556. The van der Waals surface area contributed by atoms with E-state index in [1.165, 1.54) is 0 Å². The molecule has 4 heteroatoms. The Labute approximate surface area is 118 Å². The highest BCUT2D eigenvalue weighted by atomic mass is 35.5. The summed E-state index contributed by atoms with van der Waals surface area (Å²) in [6.07, 6.45) is 1.75. The maximum absolute atomic E-state index is 6.14. The number of rotatable bonds is 4. The van der Waals surface area contributed by atoms with Crippen LogP contribution >= 0.6 is 24.2 Å². The lowest BCUT2D eigenvalue weighted by Crippen LogP contribution is -2.23. The Kier molecular flexibility index (Phi) is 4.03. The van der Waals surface area contributed by atoms with Crippen molar-refractivity contribution < 1.29 is 4.74 Å². The number of fused-ring (bicyclic) bond motifs is 1. The quantitative estimate of drug-likeness (QED) is 0.848. The number of nitrogens with zero attached hydrogens (tertiary/aromatic N) is 1. The number of benzene rings is 1. The Morgan fingerprint density at radius 2 is 2.11 bits per heavy atom. The SMILES string of the molecule is CC(C)(CS)COc1ccc(Cl)c2cccnc12. The van der Waals surface area contributed by atoms with Crippen LogP contribution in [0.25, 0.3) is 10.9 Å². The van der Waals surface area contributed by atoms with Gasteiger partial charge in [0.1, 0.15) is 11.3 Å². The molecule has 0 unspecified atom stereocenters. The molecule has 0 N–H and O–H groups in total. The molecule has 0 saturated heterocycles. The number of hydrogen-bond acceptors (Lipinski definition) is 3. The summed E-state index contributed by atoms with van der Waals surface area (Å²) in [4.78, 5) is 4.34. The van der Waals surface area contributed by atoms with E-state index in [0.717, 1.165) is 22.4 Å². The van der Waals surface area contributed by atoms with Crippen LogP contribution in [0.2, 0.25) is 5.02 Å². The molecular formula is C14H16ClNOS. The lowest BCUT2D eigenvalue weighted by molar-refractivity contribution is 0.204. The van der Waals surface area contributed by atoms with Crippen molar-refractivity contribution >= 4 is 35.1 Å². The number of hydrogen-bond donors (Lipinski definition) is 1. The first-order valence-corrected chi connectivity index (χ1v) is 6.81. The van der Waals surface area contributed by atoms with E-state index in [9.17, 15) is 0 Å². The van der Waals surface area contributed by atoms with Crippen LogP contribution in [0.1, 0.15) is 13.8 Å². The van der Waals surface area contributed by atoms with Crippen molar-refractivity contribution in [2.45, 2.75) is 13.8 Å². The molecule has 1 heterocycles. The Balaban J connectivity index is 2.32. The minimum Gasteiger partial charge on any atom is -0.491 e. The fraction of sp³-hybridized carbons (Fsp3) is 0.357. The Morgan fingerprint density at radius 1 is 1.33 bits per heavy atom. The number of pyridine rings is 1. The molecule has 2 nitrogen and oxygen atoms in total. The molecule has 1 aromatic carbocycles. The van der Waals surface area contributed by atoms with Gasteiger partial charge in [0.15, 0.2) is 0 Å². The second kappa shape index (κ2) is 5.37. The molecule has 0 spiro atoms. The molecule has 0 amide bonds. The number of halogens is 1. The Hall–Kier alpha value is -0.930. The van der Waals surface area contributed by atoms with Gasteiger partial charge in [-0.05, 0) is 30.0 Å². The first-order chi connectivity index (χ1) is 8.53. The van der Waals surface area contributed by atoms with Gasteiger partial charge in [0.05, 0.1) is 11.6 Å². The number of ether oxygens (including phenoxy) is 1. The van der Waals surface area contributed by atoms with Crippen LogP contribution in [0.4, 0.5) is 0 Å². The lowest BCUT2D eigenvalue weighted by Gasteiger charge is -2.22. The summed E-state index contributed by atoms with van der Waals surface area (Å²) < 4.78 is 5.86. The summed E-state index contributed by atoms with van der Waals surface area (Å²) in [6, 6.07) is 7.53. The van der Waals surface area contributed by atoms with Crippen LogP contribution in [0, 0.1) is 5.41 Å². The van der Waals surface area contributed by atoms with Crippen molar-refractivity contribution in [3.63, 3.8) is 0 Å². The molecule has 0 aliphatic carbocycles.